The van der Waals surface area contributed by atoms with Crippen molar-refractivity contribution in [3.05, 3.63) is 24.3 Å². The van der Waals surface area contributed by atoms with Gasteiger partial charge >= 0.3 is 12.1 Å². The second kappa shape index (κ2) is 9.88. The van der Waals surface area contributed by atoms with Crippen molar-refractivity contribution >= 4 is 18.0 Å². The fourth-order valence-electron chi connectivity index (χ4n) is 4.10. The molecule has 0 unspecified atom stereocenters. The van der Waals surface area contributed by atoms with Crippen molar-refractivity contribution in [3.63, 3.8) is 0 Å². The Labute approximate surface area is 187 Å². The highest BCUT2D eigenvalue weighted by Crippen LogP contribution is 2.27. The lowest BCUT2D eigenvalue weighted by molar-refractivity contribution is -0.137. The van der Waals surface area contributed by atoms with E-state index in [0.717, 1.165) is 24.2 Å². The van der Waals surface area contributed by atoms with Crippen molar-refractivity contribution in [2.75, 3.05) is 57.9 Å². The van der Waals surface area contributed by atoms with Gasteiger partial charge in [-0.1, -0.05) is 5.16 Å². The van der Waals surface area contributed by atoms with Gasteiger partial charge in [-0.2, -0.15) is 4.98 Å². The Bertz CT molecular complexity index is 915. The molecular weight excluding hydrogens is 414 g/mol. The lowest BCUT2D eigenvalue weighted by Crippen LogP contribution is -2.53. The van der Waals surface area contributed by atoms with Crippen LogP contribution in [-0.4, -0.2) is 84.9 Å². The zero-order valence-electron chi connectivity index (χ0n) is 18.5. The Kier molecular flexibility index (Phi) is 6.77. The molecule has 10 heteroatoms. The van der Waals surface area contributed by atoms with E-state index >= 15 is 0 Å². The minimum absolute atomic E-state index is 0.0237. The summed E-state index contributed by atoms with van der Waals surface area (Å²) in [7, 11) is 1.62. The van der Waals surface area contributed by atoms with Gasteiger partial charge in [0.05, 0.1) is 13.7 Å². The van der Waals surface area contributed by atoms with E-state index in [1.807, 2.05) is 34.1 Å². The van der Waals surface area contributed by atoms with Crippen LogP contribution in [0, 0.1) is 5.92 Å². The summed E-state index contributed by atoms with van der Waals surface area (Å²) in [5, 5.41) is 4.09. The number of anilines is 1. The largest absolute Gasteiger partial charge is 0.497 e. The van der Waals surface area contributed by atoms with Gasteiger partial charge in [-0.05, 0) is 44.0 Å². The Balaban J connectivity index is 1.27. The minimum atomic E-state index is -0.304. The molecule has 2 aliphatic rings. The number of methoxy groups -OCH3 is 1. The van der Waals surface area contributed by atoms with E-state index < -0.39 is 0 Å². The Hall–Kier alpha value is -3.30. The standard InChI is InChI=1S/C22H29N5O5/c1-3-31-22(29)27-14-12-25(13-15-27)20(28)17-8-10-26(11-9-17)21-23-19(24-32-21)16-4-6-18(30-2)7-5-16/h4-7,17H,3,8-15H2,1-2H3. The molecule has 0 saturated carbocycles. The number of piperazine rings is 1. The summed E-state index contributed by atoms with van der Waals surface area (Å²) in [5.74, 6) is 1.44. The van der Waals surface area contributed by atoms with Crippen molar-refractivity contribution in [2.24, 2.45) is 5.92 Å². The normalized spacial score (nSPS) is 17.4. The monoisotopic (exact) mass is 443 g/mol. The minimum Gasteiger partial charge on any atom is -0.497 e. The lowest BCUT2D eigenvalue weighted by atomic mass is 9.95. The molecule has 3 heterocycles. The molecule has 0 N–H and O–H groups in total. The molecule has 0 aliphatic carbocycles. The summed E-state index contributed by atoms with van der Waals surface area (Å²) in [4.78, 5) is 34.9. The van der Waals surface area contributed by atoms with Crippen LogP contribution in [0.4, 0.5) is 10.8 Å². The van der Waals surface area contributed by atoms with E-state index in [1.54, 1.807) is 18.9 Å². The smallest absolute Gasteiger partial charge is 0.409 e. The average molecular weight is 444 g/mol. The lowest BCUT2D eigenvalue weighted by Gasteiger charge is -2.37. The van der Waals surface area contributed by atoms with Gasteiger partial charge in [-0.3, -0.25) is 4.79 Å². The number of nitrogens with zero attached hydrogens (tertiary/aromatic N) is 5. The first-order chi connectivity index (χ1) is 15.6. The summed E-state index contributed by atoms with van der Waals surface area (Å²) in [6.07, 6.45) is 1.16. The molecule has 32 heavy (non-hydrogen) atoms. The van der Waals surface area contributed by atoms with Gasteiger partial charge in [-0.25, -0.2) is 4.79 Å². The quantitative estimate of drug-likeness (QED) is 0.694. The zero-order chi connectivity index (χ0) is 22.5. The maximum atomic E-state index is 13.0. The van der Waals surface area contributed by atoms with E-state index in [-0.39, 0.29) is 17.9 Å². The molecule has 1 aromatic heterocycles. The van der Waals surface area contributed by atoms with Crippen LogP contribution in [0.3, 0.4) is 0 Å². The average Bonchev–Trinajstić information content (AvgIpc) is 3.34. The first kappa shape index (κ1) is 21.9. The fourth-order valence-corrected chi connectivity index (χ4v) is 4.10. The van der Waals surface area contributed by atoms with Crippen molar-refractivity contribution in [1.82, 2.24) is 19.9 Å². The van der Waals surface area contributed by atoms with Gasteiger partial charge < -0.3 is 28.7 Å². The predicted octanol–water partition coefficient (Wildman–Crippen LogP) is 2.26. The fraction of sp³-hybridized carbons (Fsp3) is 0.545. The molecule has 2 saturated heterocycles. The third-order valence-electron chi connectivity index (χ3n) is 6.00. The second-order valence-electron chi connectivity index (χ2n) is 7.90. The maximum absolute atomic E-state index is 13.0. The number of ether oxygens (including phenoxy) is 2. The number of carbonyl (C=O) groups is 2. The molecule has 2 aromatic rings. The molecule has 0 atom stereocenters. The third-order valence-corrected chi connectivity index (χ3v) is 6.00. The van der Waals surface area contributed by atoms with E-state index in [4.69, 9.17) is 14.0 Å². The number of aromatic nitrogens is 2. The molecule has 4 rings (SSSR count). The van der Waals surface area contributed by atoms with Crippen molar-refractivity contribution < 1.29 is 23.6 Å². The Morgan fingerprint density at radius 2 is 1.69 bits per heavy atom. The van der Waals surface area contributed by atoms with Crippen LogP contribution >= 0.6 is 0 Å². The van der Waals surface area contributed by atoms with Crippen LogP contribution in [0.25, 0.3) is 11.4 Å². The van der Waals surface area contributed by atoms with Gasteiger partial charge in [0.2, 0.25) is 11.7 Å². The van der Waals surface area contributed by atoms with Gasteiger partial charge in [0.1, 0.15) is 5.75 Å². The van der Waals surface area contributed by atoms with E-state index in [2.05, 4.69) is 10.1 Å². The molecule has 0 radical (unpaired) electrons. The van der Waals surface area contributed by atoms with Crippen LogP contribution in [0.2, 0.25) is 0 Å². The first-order valence-corrected chi connectivity index (χ1v) is 11.0. The molecule has 0 spiro atoms. The van der Waals surface area contributed by atoms with Crippen molar-refractivity contribution in [3.8, 4) is 17.1 Å². The molecule has 172 valence electrons. The topological polar surface area (TPSA) is 101 Å². The number of carbonyl (C=O) groups excluding carboxylic acids is 2. The first-order valence-electron chi connectivity index (χ1n) is 11.0. The van der Waals surface area contributed by atoms with E-state index in [0.29, 0.717) is 57.7 Å². The molecular formula is C22H29N5O5. The molecule has 2 amide bonds. The number of piperidine rings is 1. The summed E-state index contributed by atoms with van der Waals surface area (Å²) in [5.41, 5.74) is 0.854. The highest BCUT2D eigenvalue weighted by Gasteiger charge is 2.32. The van der Waals surface area contributed by atoms with Gasteiger partial charge in [0.15, 0.2) is 0 Å². The van der Waals surface area contributed by atoms with Crippen LogP contribution < -0.4 is 9.64 Å². The highest BCUT2D eigenvalue weighted by atomic mass is 16.6. The van der Waals surface area contributed by atoms with Crippen LogP contribution in [0.1, 0.15) is 19.8 Å². The highest BCUT2D eigenvalue weighted by molar-refractivity contribution is 5.79. The van der Waals surface area contributed by atoms with Crippen LogP contribution in [0.5, 0.6) is 5.75 Å². The predicted molar refractivity (Wildman–Crippen MR) is 116 cm³/mol. The number of rotatable bonds is 5. The number of hydrogen-bond donors (Lipinski definition) is 0. The number of amides is 2. The summed E-state index contributed by atoms with van der Waals surface area (Å²) in [6.45, 7) is 5.64. The number of hydrogen-bond acceptors (Lipinski definition) is 8. The van der Waals surface area contributed by atoms with E-state index in [9.17, 15) is 9.59 Å². The van der Waals surface area contributed by atoms with Crippen molar-refractivity contribution in [2.45, 2.75) is 19.8 Å². The summed E-state index contributed by atoms with van der Waals surface area (Å²) in [6, 6.07) is 7.97. The van der Waals surface area contributed by atoms with Gasteiger partial charge in [0, 0.05) is 50.7 Å². The van der Waals surface area contributed by atoms with Crippen LogP contribution in [0.15, 0.2) is 28.8 Å². The Morgan fingerprint density at radius 3 is 2.31 bits per heavy atom. The van der Waals surface area contributed by atoms with Crippen molar-refractivity contribution in [1.29, 1.82) is 0 Å². The Morgan fingerprint density at radius 1 is 1.03 bits per heavy atom. The van der Waals surface area contributed by atoms with Crippen LogP contribution in [-0.2, 0) is 9.53 Å². The summed E-state index contributed by atoms with van der Waals surface area (Å²) >= 11 is 0. The maximum Gasteiger partial charge on any atom is 0.409 e. The third kappa shape index (κ3) is 4.79. The summed E-state index contributed by atoms with van der Waals surface area (Å²) < 4.78 is 15.7. The van der Waals surface area contributed by atoms with E-state index in [1.165, 1.54) is 0 Å². The molecule has 10 nitrogen and oxygen atoms in total. The number of benzene rings is 1. The second-order valence-corrected chi connectivity index (χ2v) is 7.90. The molecule has 1 aromatic carbocycles. The van der Waals surface area contributed by atoms with Gasteiger partial charge in [0.25, 0.3) is 0 Å². The van der Waals surface area contributed by atoms with Gasteiger partial charge in [-0.15, -0.1) is 0 Å². The zero-order valence-corrected chi connectivity index (χ0v) is 18.5. The molecule has 0 bridgehead atoms. The molecule has 2 fully saturated rings. The SMILES string of the molecule is CCOC(=O)N1CCN(C(=O)C2CCN(c3nc(-c4ccc(OC)cc4)no3)CC2)CC1. The molecule has 2 aliphatic heterocycles.